The molecule has 0 aliphatic carbocycles. The van der Waals surface area contributed by atoms with Crippen LogP contribution >= 0.6 is 11.6 Å². The molecule has 4 nitrogen and oxygen atoms in total. The molecule has 96 valence electrons. The molecule has 0 bridgehead atoms. The standard InChI is InChI=1S/C13H16ClN3O/c1-17-9(5-6-15)7-13(16-17)11-4-3-10(18-2)8-12(11)14/h3-4,7-8H,5-6,15H2,1-2H3. The predicted molar refractivity (Wildman–Crippen MR) is 73.0 cm³/mol. The molecule has 0 fully saturated rings. The lowest BCUT2D eigenvalue weighted by atomic mass is 10.1. The second-order valence-electron chi connectivity index (χ2n) is 4.03. The first kappa shape index (κ1) is 12.9. The minimum Gasteiger partial charge on any atom is -0.497 e. The second-order valence-corrected chi connectivity index (χ2v) is 4.44. The van der Waals surface area contributed by atoms with Gasteiger partial charge in [0.25, 0.3) is 0 Å². The number of halogens is 1. The van der Waals surface area contributed by atoms with E-state index in [9.17, 15) is 0 Å². The van der Waals surface area contributed by atoms with Gasteiger partial charge in [-0.15, -0.1) is 0 Å². The van der Waals surface area contributed by atoms with Gasteiger partial charge in [-0.1, -0.05) is 11.6 Å². The van der Waals surface area contributed by atoms with E-state index in [2.05, 4.69) is 5.10 Å². The van der Waals surface area contributed by atoms with Crippen molar-refractivity contribution in [3.05, 3.63) is 35.0 Å². The summed E-state index contributed by atoms with van der Waals surface area (Å²) in [7, 11) is 3.53. The van der Waals surface area contributed by atoms with Gasteiger partial charge in [0.15, 0.2) is 0 Å². The van der Waals surface area contributed by atoms with Gasteiger partial charge in [-0.2, -0.15) is 5.10 Å². The summed E-state index contributed by atoms with van der Waals surface area (Å²) in [5.74, 6) is 0.738. The maximum atomic E-state index is 6.23. The summed E-state index contributed by atoms with van der Waals surface area (Å²) in [4.78, 5) is 0. The Morgan fingerprint density at radius 2 is 2.17 bits per heavy atom. The third-order valence-corrected chi connectivity index (χ3v) is 3.14. The first-order valence-electron chi connectivity index (χ1n) is 5.72. The average molecular weight is 266 g/mol. The molecule has 0 aliphatic rings. The van der Waals surface area contributed by atoms with Crippen LogP contribution < -0.4 is 10.5 Å². The normalized spacial score (nSPS) is 10.7. The molecular weight excluding hydrogens is 250 g/mol. The quantitative estimate of drug-likeness (QED) is 0.923. The SMILES string of the molecule is COc1ccc(-c2cc(CCN)n(C)n2)c(Cl)c1. The van der Waals surface area contributed by atoms with E-state index in [4.69, 9.17) is 22.1 Å². The number of hydrogen-bond acceptors (Lipinski definition) is 3. The molecule has 1 heterocycles. The molecule has 18 heavy (non-hydrogen) atoms. The van der Waals surface area contributed by atoms with Crippen molar-refractivity contribution >= 4 is 11.6 Å². The topological polar surface area (TPSA) is 53.1 Å². The van der Waals surface area contributed by atoms with Crippen LogP contribution in [0.5, 0.6) is 5.75 Å². The van der Waals surface area contributed by atoms with Gasteiger partial charge in [-0.3, -0.25) is 4.68 Å². The number of benzene rings is 1. The Morgan fingerprint density at radius 1 is 1.39 bits per heavy atom. The summed E-state index contributed by atoms with van der Waals surface area (Å²) < 4.78 is 6.96. The fourth-order valence-corrected chi connectivity index (χ4v) is 2.12. The van der Waals surface area contributed by atoms with E-state index in [0.717, 1.165) is 29.1 Å². The van der Waals surface area contributed by atoms with E-state index in [1.54, 1.807) is 13.2 Å². The molecular formula is C13H16ClN3O. The molecule has 0 radical (unpaired) electrons. The molecule has 1 aromatic heterocycles. The smallest absolute Gasteiger partial charge is 0.120 e. The molecule has 0 aliphatic heterocycles. The van der Waals surface area contributed by atoms with Crippen LogP contribution in [0.2, 0.25) is 5.02 Å². The summed E-state index contributed by atoms with van der Waals surface area (Å²) >= 11 is 6.23. The molecule has 0 saturated heterocycles. The van der Waals surface area contributed by atoms with E-state index < -0.39 is 0 Å². The fourth-order valence-electron chi connectivity index (χ4n) is 1.85. The molecule has 2 N–H and O–H groups in total. The van der Waals surface area contributed by atoms with Crippen LogP contribution in [0.4, 0.5) is 0 Å². The molecule has 2 rings (SSSR count). The molecule has 2 aromatic rings. The number of methoxy groups -OCH3 is 1. The third-order valence-electron chi connectivity index (χ3n) is 2.83. The average Bonchev–Trinajstić information content (AvgIpc) is 2.71. The van der Waals surface area contributed by atoms with Crippen LogP contribution in [-0.2, 0) is 13.5 Å². The van der Waals surface area contributed by atoms with Gasteiger partial charge < -0.3 is 10.5 Å². The van der Waals surface area contributed by atoms with E-state index in [1.807, 2.05) is 29.9 Å². The van der Waals surface area contributed by atoms with Crippen LogP contribution in [0, 0.1) is 0 Å². The van der Waals surface area contributed by atoms with Crippen molar-refractivity contribution in [3.8, 4) is 17.0 Å². The third kappa shape index (κ3) is 2.49. The highest BCUT2D eigenvalue weighted by Gasteiger charge is 2.10. The van der Waals surface area contributed by atoms with Gasteiger partial charge in [0.1, 0.15) is 5.75 Å². The second kappa shape index (κ2) is 5.42. The maximum Gasteiger partial charge on any atom is 0.120 e. The highest BCUT2D eigenvalue weighted by atomic mass is 35.5. The van der Waals surface area contributed by atoms with E-state index >= 15 is 0 Å². The zero-order valence-electron chi connectivity index (χ0n) is 10.5. The van der Waals surface area contributed by atoms with Gasteiger partial charge in [0, 0.05) is 24.7 Å². The maximum absolute atomic E-state index is 6.23. The summed E-state index contributed by atoms with van der Waals surface area (Å²) in [6, 6.07) is 7.59. The Kier molecular flexibility index (Phi) is 3.89. The fraction of sp³-hybridized carbons (Fsp3) is 0.308. The first-order valence-corrected chi connectivity index (χ1v) is 6.10. The number of hydrogen-bond donors (Lipinski definition) is 1. The van der Waals surface area contributed by atoms with Gasteiger partial charge in [0.05, 0.1) is 17.8 Å². The Hall–Kier alpha value is -1.52. The minimum atomic E-state index is 0.606. The Labute approximate surface area is 111 Å². The van der Waals surface area contributed by atoms with Gasteiger partial charge in [-0.25, -0.2) is 0 Å². The van der Waals surface area contributed by atoms with Gasteiger partial charge in [0.2, 0.25) is 0 Å². The van der Waals surface area contributed by atoms with Crippen molar-refractivity contribution in [2.75, 3.05) is 13.7 Å². The molecule has 0 atom stereocenters. The number of ether oxygens (including phenoxy) is 1. The summed E-state index contributed by atoms with van der Waals surface area (Å²) in [5, 5.41) is 5.08. The van der Waals surface area contributed by atoms with E-state index in [0.29, 0.717) is 11.6 Å². The number of nitrogens with two attached hydrogens (primary N) is 1. The Morgan fingerprint density at radius 3 is 2.78 bits per heavy atom. The lowest BCUT2D eigenvalue weighted by Crippen LogP contribution is -2.06. The molecule has 1 aromatic carbocycles. The first-order chi connectivity index (χ1) is 8.65. The van der Waals surface area contributed by atoms with Crippen molar-refractivity contribution in [2.45, 2.75) is 6.42 Å². The minimum absolute atomic E-state index is 0.606. The van der Waals surface area contributed by atoms with Crippen LogP contribution in [0.1, 0.15) is 5.69 Å². The van der Waals surface area contributed by atoms with Crippen LogP contribution in [0.3, 0.4) is 0 Å². The van der Waals surface area contributed by atoms with Crippen molar-refractivity contribution in [1.82, 2.24) is 9.78 Å². The number of nitrogens with zero attached hydrogens (tertiary/aromatic N) is 2. The van der Waals surface area contributed by atoms with Gasteiger partial charge >= 0.3 is 0 Å². The van der Waals surface area contributed by atoms with Crippen LogP contribution in [-0.4, -0.2) is 23.4 Å². The van der Waals surface area contributed by atoms with Crippen molar-refractivity contribution in [3.63, 3.8) is 0 Å². The van der Waals surface area contributed by atoms with Crippen molar-refractivity contribution in [1.29, 1.82) is 0 Å². The molecule has 0 unspecified atom stereocenters. The monoisotopic (exact) mass is 265 g/mol. The zero-order valence-corrected chi connectivity index (χ0v) is 11.2. The largest absolute Gasteiger partial charge is 0.497 e. The Bertz CT molecular complexity index is 551. The van der Waals surface area contributed by atoms with Crippen molar-refractivity contribution < 1.29 is 4.74 Å². The lowest BCUT2D eigenvalue weighted by Gasteiger charge is -2.03. The summed E-state index contributed by atoms with van der Waals surface area (Å²) in [6.45, 7) is 0.606. The Balaban J connectivity index is 2.39. The van der Waals surface area contributed by atoms with Crippen LogP contribution in [0.25, 0.3) is 11.3 Å². The summed E-state index contributed by atoms with van der Waals surface area (Å²) in [6.07, 6.45) is 0.803. The number of aromatic nitrogens is 2. The predicted octanol–water partition coefficient (Wildman–Crippen LogP) is 2.25. The summed E-state index contributed by atoms with van der Waals surface area (Å²) in [5.41, 5.74) is 8.41. The molecule has 5 heteroatoms. The number of rotatable bonds is 4. The highest BCUT2D eigenvalue weighted by Crippen LogP contribution is 2.30. The highest BCUT2D eigenvalue weighted by molar-refractivity contribution is 6.33. The lowest BCUT2D eigenvalue weighted by molar-refractivity contribution is 0.415. The number of aryl methyl sites for hydroxylation is 1. The van der Waals surface area contributed by atoms with E-state index in [1.165, 1.54) is 0 Å². The van der Waals surface area contributed by atoms with Crippen molar-refractivity contribution in [2.24, 2.45) is 12.8 Å². The van der Waals surface area contributed by atoms with E-state index in [-0.39, 0.29) is 0 Å². The molecule has 0 saturated carbocycles. The zero-order chi connectivity index (χ0) is 13.1. The van der Waals surface area contributed by atoms with Gasteiger partial charge in [-0.05, 0) is 30.8 Å². The molecule has 0 amide bonds. The molecule has 0 spiro atoms. The van der Waals surface area contributed by atoms with Crippen LogP contribution in [0.15, 0.2) is 24.3 Å².